The molecule has 1 saturated heterocycles. The number of nitrogens with zero attached hydrogens (tertiary/aromatic N) is 3. The van der Waals surface area contributed by atoms with Gasteiger partial charge in [0.1, 0.15) is 11.9 Å². The molecule has 1 unspecified atom stereocenters. The van der Waals surface area contributed by atoms with E-state index in [-0.39, 0.29) is 17.9 Å². The average Bonchev–Trinajstić information content (AvgIpc) is 3.04. The maximum atomic E-state index is 11.9. The van der Waals surface area contributed by atoms with E-state index < -0.39 is 6.04 Å². The summed E-state index contributed by atoms with van der Waals surface area (Å²) in [6, 6.07) is 9.14. The van der Waals surface area contributed by atoms with Crippen LogP contribution in [0.25, 0.3) is 5.69 Å². The van der Waals surface area contributed by atoms with Crippen LogP contribution >= 0.6 is 0 Å². The number of para-hydroxylation sites is 1. The van der Waals surface area contributed by atoms with Gasteiger partial charge in [-0.15, -0.1) is 0 Å². The number of nitrogens with one attached hydrogen (secondary N) is 2. The van der Waals surface area contributed by atoms with Gasteiger partial charge >= 0.3 is 6.03 Å². The van der Waals surface area contributed by atoms with Crippen LogP contribution in [0.5, 0.6) is 0 Å². The molecule has 6 nitrogen and oxygen atoms in total. The van der Waals surface area contributed by atoms with Crippen LogP contribution in [0.2, 0.25) is 0 Å². The van der Waals surface area contributed by atoms with E-state index in [9.17, 15) is 4.79 Å². The molecule has 1 atom stereocenters. The van der Waals surface area contributed by atoms with Crippen molar-refractivity contribution in [3.63, 3.8) is 0 Å². The predicted molar refractivity (Wildman–Crippen MR) is 79.5 cm³/mol. The molecule has 0 aliphatic carbocycles. The van der Waals surface area contributed by atoms with Crippen LogP contribution in [0.1, 0.15) is 25.5 Å². The Balaban J connectivity index is 1.95. The number of amidine groups is 1. The van der Waals surface area contributed by atoms with Crippen molar-refractivity contribution in [2.24, 2.45) is 0 Å². The van der Waals surface area contributed by atoms with Crippen molar-refractivity contribution in [2.75, 3.05) is 0 Å². The number of amides is 2. The minimum atomic E-state index is -0.394. The van der Waals surface area contributed by atoms with Crippen LogP contribution in [0.15, 0.2) is 42.7 Å². The lowest BCUT2D eigenvalue weighted by atomic mass is 10.1. The molecule has 21 heavy (non-hydrogen) atoms. The van der Waals surface area contributed by atoms with E-state index in [0.29, 0.717) is 0 Å². The SMILES string of the molecule is CC(C)N1C(=O)NC(=N)C1c1cnn(-c2ccccc2)c1. The monoisotopic (exact) mass is 283 g/mol. The zero-order valence-corrected chi connectivity index (χ0v) is 11.9. The Morgan fingerprint density at radius 2 is 2.00 bits per heavy atom. The molecule has 2 aromatic rings. The van der Waals surface area contributed by atoms with Crippen LogP contribution in [0.4, 0.5) is 4.79 Å². The largest absolute Gasteiger partial charge is 0.323 e. The van der Waals surface area contributed by atoms with Gasteiger partial charge in [-0.1, -0.05) is 18.2 Å². The molecule has 6 heteroatoms. The van der Waals surface area contributed by atoms with Gasteiger partial charge in [0.15, 0.2) is 0 Å². The van der Waals surface area contributed by atoms with Crippen molar-refractivity contribution in [2.45, 2.75) is 25.9 Å². The van der Waals surface area contributed by atoms with Crippen molar-refractivity contribution in [1.29, 1.82) is 5.41 Å². The molecule has 2 heterocycles. The van der Waals surface area contributed by atoms with Crippen molar-refractivity contribution in [3.05, 3.63) is 48.3 Å². The molecule has 1 aliphatic rings. The summed E-state index contributed by atoms with van der Waals surface area (Å²) in [5, 5.41) is 14.9. The Morgan fingerprint density at radius 3 is 2.67 bits per heavy atom. The van der Waals surface area contributed by atoms with Gasteiger partial charge in [0.05, 0.1) is 11.9 Å². The molecular weight excluding hydrogens is 266 g/mol. The normalized spacial score (nSPS) is 18.4. The highest BCUT2D eigenvalue weighted by Crippen LogP contribution is 2.28. The van der Waals surface area contributed by atoms with E-state index in [1.807, 2.05) is 50.4 Å². The number of rotatable bonds is 3. The zero-order valence-electron chi connectivity index (χ0n) is 11.9. The standard InChI is InChI=1S/C15H17N5O/c1-10(2)20-13(14(16)18-15(20)21)11-8-17-19(9-11)12-6-4-3-5-7-12/h3-10,13H,1-2H3,(H2,16,18,21). The molecule has 2 amide bonds. The smallest absolute Gasteiger partial charge is 0.308 e. The third-order valence-corrected chi connectivity index (χ3v) is 3.52. The fourth-order valence-corrected chi connectivity index (χ4v) is 2.56. The molecule has 0 radical (unpaired) electrons. The summed E-state index contributed by atoms with van der Waals surface area (Å²) >= 11 is 0. The molecule has 0 bridgehead atoms. The fourth-order valence-electron chi connectivity index (χ4n) is 2.56. The predicted octanol–water partition coefficient (Wildman–Crippen LogP) is 2.32. The Labute approximate surface area is 122 Å². The van der Waals surface area contributed by atoms with E-state index in [0.717, 1.165) is 11.3 Å². The third kappa shape index (κ3) is 2.29. The first-order chi connectivity index (χ1) is 10.1. The van der Waals surface area contributed by atoms with Crippen LogP contribution in [0, 0.1) is 5.41 Å². The van der Waals surface area contributed by atoms with Crippen LogP contribution < -0.4 is 5.32 Å². The van der Waals surface area contributed by atoms with Crippen LogP contribution in [-0.4, -0.2) is 32.6 Å². The number of hydrogen-bond acceptors (Lipinski definition) is 3. The fraction of sp³-hybridized carbons (Fsp3) is 0.267. The second-order valence-electron chi connectivity index (χ2n) is 5.30. The molecule has 0 spiro atoms. The van der Waals surface area contributed by atoms with E-state index in [2.05, 4.69) is 10.4 Å². The lowest BCUT2D eigenvalue weighted by molar-refractivity contribution is 0.190. The topological polar surface area (TPSA) is 74.0 Å². The Bertz CT molecular complexity index is 676. The molecule has 0 saturated carbocycles. The van der Waals surface area contributed by atoms with E-state index in [1.165, 1.54) is 0 Å². The summed E-state index contributed by atoms with van der Waals surface area (Å²) in [4.78, 5) is 13.6. The number of benzene rings is 1. The van der Waals surface area contributed by atoms with E-state index >= 15 is 0 Å². The summed E-state index contributed by atoms with van der Waals surface area (Å²) in [6.45, 7) is 3.87. The van der Waals surface area contributed by atoms with Crippen molar-refractivity contribution >= 4 is 11.9 Å². The van der Waals surface area contributed by atoms with Crippen LogP contribution in [0.3, 0.4) is 0 Å². The van der Waals surface area contributed by atoms with E-state index in [1.54, 1.807) is 15.8 Å². The second-order valence-corrected chi connectivity index (χ2v) is 5.30. The summed E-state index contributed by atoms with van der Waals surface area (Å²) in [7, 11) is 0. The minimum absolute atomic E-state index is 0.0120. The zero-order chi connectivity index (χ0) is 15.0. The first kappa shape index (κ1) is 13.4. The molecule has 108 valence electrons. The molecule has 1 aromatic heterocycles. The average molecular weight is 283 g/mol. The maximum absolute atomic E-state index is 11.9. The summed E-state index contributed by atoms with van der Waals surface area (Å²) in [6.07, 6.45) is 3.58. The summed E-state index contributed by atoms with van der Waals surface area (Å²) in [5.74, 6) is 0.196. The summed E-state index contributed by atoms with van der Waals surface area (Å²) < 4.78 is 1.75. The third-order valence-electron chi connectivity index (χ3n) is 3.52. The highest BCUT2D eigenvalue weighted by atomic mass is 16.2. The Morgan fingerprint density at radius 1 is 1.29 bits per heavy atom. The van der Waals surface area contributed by atoms with Crippen molar-refractivity contribution in [1.82, 2.24) is 20.0 Å². The Kier molecular flexibility index (Phi) is 3.21. The summed E-state index contributed by atoms with van der Waals surface area (Å²) in [5.41, 5.74) is 1.78. The van der Waals surface area contributed by atoms with E-state index in [4.69, 9.17) is 5.41 Å². The van der Waals surface area contributed by atoms with Gasteiger partial charge in [0.2, 0.25) is 0 Å². The van der Waals surface area contributed by atoms with Gasteiger partial charge in [-0.2, -0.15) is 5.10 Å². The molecule has 1 aliphatic heterocycles. The van der Waals surface area contributed by atoms with Gasteiger partial charge in [-0.25, -0.2) is 9.48 Å². The van der Waals surface area contributed by atoms with Crippen molar-refractivity contribution < 1.29 is 4.79 Å². The second kappa shape index (κ2) is 5.05. The molecular formula is C15H17N5O. The van der Waals surface area contributed by atoms with Crippen molar-refractivity contribution in [3.8, 4) is 5.69 Å². The lowest BCUT2D eigenvalue weighted by Crippen LogP contribution is -2.35. The van der Waals surface area contributed by atoms with Gasteiger partial charge in [-0.3, -0.25) is 10.7 Å². The highest BCUT2D eigenvalue weighted by molar-refractivity contribution is 6.06. The minimum Gasteiger partial charge on any atom is -0.308 e. The quantitative estimate of drug-likeness (QED) is 0.907. The van der Waals surface area contributed by atoms with Gasteiger partial charge < -0.3 is 4.90 Å². The lowest BCUT2D eigenvalue weighted by Gasteiger charge is -2.25. The number of hydrogen-bond donors (Lipinski definition) is 2. The molecule has 1 aromatic carbocycles. The molecule has 1 fully saturated rings. The molecule has 2 N–H and O–H groups in total. The van der Waals surface area contributed by atoms with Gasteiger partial charge in [-0.05, 0) is 26.0 Å². The molecule has 3 rings (SSSR count). The van der Waals surface area contributed by atoms with Gasteiger partial charge in [0.25, 0.3) is 0 Å². The highest BCUT2D eigenvalue weighted by Gasteiger charge is 2.38. The number of urea groups is 1. The number of aromatic nitrogens is 2. The maximum Gasteiger partial charge on any atom is 0.323 e. The Hall–Kier alpha value is -2.63. The van der Waals surface area contributed by atoms with Gasteiger partial charge in [0, 0.05) is 17.8 Å². The number of carbonyl (C=O) groups is 1. The van der Waals surface area contributed by atoms with Crippen LogP contribution in [-0.2, 0) is 0 Å². The first-order valence-corrected chi connectivity index (χ1v) is 6.85. The first-order valence-electron chi connectivity index (χ1n) is 6.85. The number of carbonyl (C=O) groups excluding carboxylic acids is 1.